The minimum Gasteiger partial charge on any atom is -0.493 e. The number of fused-ring (bicyclic) bond motifs is 1. The predicted molar refractivity (Wildman–Crippen MR) is 81.2 cm³/mol. The largest absolute Gasteiger partial charge is 0.493 e. The van der Waals surface area contributed by atoms with E-state index in [1.165, 1.54) is 5.56 Å². The van der Waals surface area contributed by atoms with Crippen LogP contribution in [0.3, 0.4) is 0 Å². The summed E-state index contributed by atoms with van der Waals surface area (Å²) < 4.78 is 16.3. The van der Waals surface area contributed by atoms with Gasteiger partial charge in [0.25, 0.3) is 0 Å². The van der Waals surface area contributed by atoms with Crippen LogP contribution in [0.2, 0.25) is 0 Å². The highest BCUT2D eigenvalue weighted by Gasteiger charge is 2.20. The molecule has 2 aromatic carbocycles. The molecule has 0 spiro atoms. The SMILES string of the molecule is COc1cccc(C(N)c2ccc3c(c2)CCO3)c1OC. The minimum atomic E-state index is -0.263. The maximum atomic E-state index is 6.43. The first-order chi connectivity index (χ1) is 10.2. The van der Waals surface area contributed by atoms with E-state index in [2.05, 4.69) is 6.07 Å². The summed E-state index contributed by atoms with van der Waals surface area (Å²) in [7, 11) is 3.25. The van der Waals surface area contributed by atoms with Crippen LogP contribution in [0, 0.1) is 0 Å². The second-order valence-corrected chi connectivity index (χ2v) is 5.03. The summed E-state index contributed by atoms with van der Waals surface area (Å²) in [4.78, 5) is 0. The smallest absolute Gasteiger partial charge is 0.165 e. The fraction of sp³-hybridized carbons (Fsp3) is 0.294. The van der Waals surface area contributed by atoms with E-state index in [1.54, 1.807) is 14.2 Å². The third-order valence-electron chi connectivity index (χ3n) is 3.84. The summed E-state index contributed by atoms with van der Waals surface area (Å²) in [5.41, 5.74) is 9.61. The summed E-state index contributed by atoms with van der Waals surface area (Å²) in [5, 5.41) is 0. The van der Waals surface area contributed by atoms with E-state index in [0.29, 0.717) is 11.5 Å². The number of benzene rings is 2. The lowest BCUT2D eigenvalue weighted by atomic mass is 9.96. The van der Waals surface area contributed by atoms with Crippen molar-refractivity contribution in [2.24, 2.45) is 5.73 Å². The number of methoxy groups -OCH3 is 2. The molecule has 2 aromatic rings. The highest BCUT2D eigenvalue weighted by atomic mass is 16.5. The van der Waals surface area contributed by atoms with E-state index in [1.807, 2.05) is 30.3 Å². The highest BCUT2D eigenvalue weighted by molar-refractivity contribution is 5.51. The molecule has 4 nitrogen and oxygen atoms in total. The number of ether oxygens (including phenoxy) is 3. The van der Waals surface area contributed by atoms with Gasteiger partial charge in [0.1, 0.15) is 5.75 Å². The van der Waals surface area contributed by atoms with Crippen molar-refractivity contribution in [1.29, 1.82) is 0 Å². The van der Waals surface area contributed by atoms with Crippen molar-refractivity contribution < 1.29 is 14.2 Å². The Morgan fingerprint density at radius 1 is 1.14 bits per heavy atom. The molecule has 0 fully saturated rings. The Hall–Kier alpha value is -2.20. The predicted octanol–water partition coefficient (Wildman–Crippen LogP) is 2.69. The van der Waals surface area contributed by atoms with Crippen LogP contribution in [-0.4, -0.2) is 20.8 Å². The lowest BCUT2D eigenvalue weighted by molar-refractivity contribution is 0.350. The Morgan fingerprint density at radius 2 is 2.00 bits per heavy atom. The molecule has 0 aliphatic carbocycles. The molecule has 21 heavy (non-hydrogen) atoms. The van der Waals surface area contributed by atoms with Gasteiger partial charge in [0.15, 0.2) is 11.5 Å². The molecule has 0 radical (unpaired) electrons. The molecular weight excluding hydrogens is 266 g/mol. The fourth-order valence-corrected chi connectivity index (χ4v) is 2.74. The van der Waals surface area contributed by atoms with Gasteiger partial charge in [-0.05, 0) is 23.3 Å². The van der Waals surface area contributed by atoms with Crippen molar-refractivity contribution >= 4 is 0 Å². The van der Waals surface area contributed by atoms with E-state index in [0.717, 1.165) is 29.9 Å². The van der Waals surface area contributed by atoms with Gasteiger partial charge in [-0.2, -0.15) is 0 Å². The molecule has 1 aliphatic heterocycles. The van der Waals surface area contributed by atoms with Gasteiger partial charge in [-0.25, -0.2) is 0 Å². The number of rotatable bonds is 4. The Morgan fingerprint density at radius 3 is 2.76 bits per heavy atom. The fourth-order valence-electron chi connectivity index (χ4n) is 2.74. The molecule has 1 aliphatic rings. The van der Waals surface area contributed by atoms with Gasteiger partial charge in [-0.15, -0.1) is 0 Å². The van der Waals surface area contributed by atoms with E-state index in [9.17, 15) is 0 Å². The second kappa shape index (κ2) is 5.66. The van der Waals surface area contributed by atoms with Crippen LogP contribution < -0.4 is 19.9 Å². The first-order valence-electron chi connectivity index (χ1n) is 6.96. The van der Waals surface area contributed by atoms with Gasteiger partial charge in [0, 0.05) is 12.0 Å². The van der Waals surface area contributed by atoms with E-state index in [4.69, 9.17) is 19.9 Å². The zero-order chi connectivity index (χ0) is 14.8. The number of hydrogen-bond acceptors (Lipinski definition) is 4. The third-order valence-corrected chi connectivity index (χ3v) is 3.84. The Kier molecular flexibility index (Phi) is 3.71. The minimum absolute atomic E-state index is 0.263. The summed E-state index contributed by atoms with van der Waals surface area (Å²) in [5.74, 6) is 2.34. The first-order valence-corrected chi connectivity index (χ1v) is 6.96. The van der Waals surface area contributed by atoms with Gasteiger partial charge in [0.05, 0.1) is 26.9 Å². The summed E-state index contributed by atoms with van der Waals surface area (Å²) in [6.07, 6.45) is 0.936. The Bertz CT molecular complexity index is 654. The lowest BCUT2D eigenvalue weighted by Crippen LogP contribution is -2.13. The van der Waals surface area contributed by atoms with Crippen LogP contribution in [0.25, 0.3) is 0 Å². The Labute approximate surface area is 124 Å². The molecule has 0 aromatic heterocycles. The molecular formula is C17H19NO3. The van der Waals surface area contributed by atoms with E-state index < -0.39 is 0 Å². The standard InChI is InChI=1S/C17H19NO3/c1-19-15-5-3-4-13(17(15)20-2)16(18)12-6-7-14-11(10-12)8-9-21-14/h3-7,10,16H,8-9,18H2,1-2H3. The van der Waals surface area contributed by atoms with E-state index in [-0.39, 0.29) is 6.04 Å². The molecule has 2 N–H and O–H groups in total. The van der Waals surface area contributed by atoms with Crippen LogP contribution in [0.4, 0.5) is 0 Å². The summed E-state index contributed by atoms with van der Waals surface area (Å²) in [6, 6.07) is 11.6. The normalized spacial score (nSPS) is 14.2. The van der Waals surface area contributed by atoms with Gasteiger partial charge in [0.2, 0.25) is 0 Å². The third kappa shape index (κ3) is 2.43. The van der Waals surface area contributed by atoms with Gasteiger partial charge in [-0.1, -0.05) is 24.3 Å². The molecule has 4 heteroatoms. The second-order valence-electron chi connectivity index (χ2n) is 5.03. The molecule has 1 atom stereocenters. The number of nitrogens with two attached hydrogens (primary N) is 1. The van der Waals surface area contributed by atoms with Crippen molar-refractivity contribution in [3.8, 4) is 17.2 Å². The van der Waals surface area contributed by atoms with Crippen molar-refractivity contribution in [3.63, 3.8) is 0 Å². The van der Waals surface area contributed by atoms with E-state index >= 15 is 0 Å². The first kappa shape index (κ1) is 13.8. The molecule has 110 valence electrons. The zero-order valence-electron chi connectivity index (χ0n) is 12.3. The molecule has 0 saturated carbocycles. The Balaban J connectivity index is 2.00. The molecule has 1 heterocycles. The molecule has 0 saturated heterocycles. The van der Waals surface area contributed by atoms with Crippen LogP contribution >= 0.6 is 0 Å². The highest BCUT2D eigenvalue weighted by Crippen LogP contribution is 2.37. The average molecular weight is 285 g/mol. The van der Waals surface area contributed by atoms with Crippen LogP contribution in [-0.2, 0) is 6.42 Å². The quantitative estimate of drug-likeness (QED) is 0.938. The zero-order valence-corrected chi connectivity index (χ0v) is 12.3. The van der Waals surface area contributed by atoms with Crippen LogP contribution in [0.5, 0.6) is 17.2 Å². The summed E-state index contributed by atoms with van der Waals surface area (Å²) >= 11 is 0. The number of para-hydroxylation sites is 1. The van der Waals surface area contributed by atoms with Gasteiger partial charge >= 0.3 is 0 Å². The monoisotopic (exact) mass is 285 g/mol. The average Bonchev–Trinajstić information content (AvgIpc) is 3.00. The van der Waals surface area contributed by atoms with Crippen molar-refractivity contribution in [2.45, 2.75) is 12.5 Å². The van der Waals surface area contributed by atoms with Crippen molar-refractivity contribution in [3.05, 3.63) is 53.1 Å². The maximum absolute atomic E-state index is 6.43. The molecule has 1 unspecified atom stereocenters. The van der Waals surface area contributed by atoms with Crippen molar-refractivity contribution in [1.82, 2.24) is 0 Å². The number of hydrogen-bond donors (Lipinski definition) is 1. The molecule has 0 bridgehead atoms. The van der Waals surface area contributed by atoms with Crippen LogP contribution in [0.15, 0.2) is 36.4 Å². The van der Waals surface area contributed by atoms with Crippen molar-refractivity contribution in [2.75, 3.05) is 20.8 Å². The van der Waals surface area contributed by atoms with Crippen LogP contribution in [0.1, 0.15) is 22.7 Å². The molecule has 3 rings (SSSR count). The van der Waals surface area contributed by atoms with Gasteiger partial charge < -0.3 is 19.9 Å². The molecule has 0 amide bonds. The lowest BCUT2D eigenvalue weighted by Gasteiger charge is -2.18. The topological polar surface area (TPSA) is 53.7 Å². The maximum Gasteiger partial charge on any atom is 0.165 e. The van der Waals surface area contributed by atoms with Gasteiger partial charge in [-0.3, -0.25) is 0 Å². The summed E-state index contributed by atoms with van der Waals surface area (Å²) in [6.45, 7) is 0.747.